The highest BCUT2D eigenvalue weighted by molar-refractivity contribution is 6.32. The van der Waals surface area contributed by atoms with E-state index in [1.54, 1.807) is 31.5 Å². The molecular weight excluding hydrogens is 363 g/mol. The van der Waals surface area contributed by atoms with Gasteiger partial charge in [0.2, 0.25) is 0 Å². The van der Waals surface area contributed by atoms with Gasteiger partial charge in [0.15, 0.2) is 11.5 Å². The van der Waals surface area contributed by atoms with Gasteiger partial charge in [0.25, 0.3) is 0 Å². The van der Waals surface area contributed by atoms with E-state index in [4.69, 9.17) is 37.4 Å². The Labute approximate surface area is 157 Å². The van der Waals surface area contributed by atoms with Gasteiger partial charge in [-0.3, -0.25) is 5.43 Å². The summed E-state index contributed by atoms with van der Waals surface area (Å²) < 4.78 is 16.3. The number of nitrogens with one attached hydrogen (secondary N) is 1. The van der Waals surface area contributed by atoms with E-state index in [9.17, 15) is 0 Å². The van der Waals surface area contributed by atoms with Gasteiger partial charge in [0, 0.05) is 0 Å². The molecule has 0 bridgehead atoms. The van der Waals surface area contributed by atoms with Gasteiger partial charge in [0.1, 0.15) is 5.75 Å². The summed E-state index contributed by atoms with van der Waals surface area (Å²) in [5.74, 6) is 1.74. The van der Waals surface area contributed by atoms with Crippen LogP contribution in [0.5, 0.6) is 17.2 Å². The first kappa shape index (κ1) is 19.2. The van der Waals surface area contributed by atoms with Crippen molar-refractivity contribution in [3.63, 3.8) is 0 Å². The number of rotatable bonds is 8. The van der Waals surface area contributed by atoms with Crippen molar-refractivity contribution >= 4 is 35.1 Å². The maximum Gasteiger partial charge on any atom is 0.179 e. The Hall–Kier alpha value is -2.11. The van der Waals surface area contributed by atoms with Gasteiger partial charge in [-0.15, -0.1) is 0 Å². The van der Waals surface area contributed by atoms with Gasteiger partial charge >= 0.3 is 0 Å². The summed E-state index contributed by atoms with van der Waals surface area (Å²) in [6, 6.07) is 8.91. The fraction of sp³-hybridized carbons (Fsp3) is 0.278. The minimum absolute atomic E-state index is 0.474. The highest BCUT2D eigenvalue weighted by Crippen LogP contribution is 2.36. The van der Waals surface area contributed by atoms with Gasteiger partial charge in [0.05, 0.1) is 42.3 Å². The number of hydrogen-bond acceptors (Lipinski definition) is 5. The monoisotopic (exact) mass is 382 g/mol. The molecule has 2 aromatic rings. The Morgan fingerprint density at radius 3 is 2.40 bits per heavy atom. The van der Waals surface area contributed by atoms with Crippen LogP contribution in [0.15, 0.2) is 35.4 Å². The van der Waals surface area contributed by atoms with E-state index in [1.807, 2.05) is 26.0 Å². The van der Waals surface area contributed by atoms with Crippen LogP contribution in [0.25, 0.3) is 0 Å². The van der Waals surface area contributed by atoms with Crippen LogP contribution < -0.4 is 19.6 Å². The van der Waals surface area contributed by atoms with Crippen molar-refractivity contribution in [2.24, 2.45) is 5.10 Å². The number of benzene rings is 2. The number of ether oxygens (including phenoxy) is 3. The van der Waals surface area contributed by atoms with Crippen LogP contribution in [-0.4, -0.2) is 26.5 Å². The molecule has 0 saturated carbocycles. The highest BCUT2D eigenvalue weighted by atomic mass is 35.5. The summed E-state index contributed by atoms with van der Waals surface area (Å²) in [5.41, 5.74) is 4.43. The lowest BCUT2D eigenvalue weighted by Crippen LogP contribution is -2.00. The van der Waals surface area contributed by atoms with E-state index in [1.165, 1.54) is 0 Å². The molecule has 0 saturated heterocycles. The average molecular weight is 383 g/mol. The van der Waals surface area contributed by atoms with Gasteiger partial charge in [-0.2, -0.15) is 5.10 Å². The zero-order valence-corrected chi connectivity index (χ0v) is 15.8. The molecule has 7 heteroatoms. The molecule has 0 unspecified atom stereocenters. The van der Waals surface area contributed by atoms with Crippen LogP contribution >= 0.6 is 23.2 Å². The molecule has 1 N–H and O–H groups in total. The van der Waals surface area contributed by atoms with E-state index in [0.717, 1.165) is 11.3 Å². The molecule has 0 spiro atoms. The predicted molar refractivity (Wildman–Crippen MR) is 103 cm³/mol. The highest BCUT2D eigenvalue weighted by Gasteiger charge is 2.11. The molecule has 0 radical (unpaired) electrons. The Morgan fingerprint density at radius 2 is 1.76 bits per heavy atom. The number of halogens is 2. The summed E-state index contributed by atoms with van der Waals surface area (Å²) >= 11 is 12.4. The number of anilines is 1. The average Bonchev–Trinajstić information content (AvgIpc) is 2.58. The van der Waals surface area contributed by atoms with Crippen LogP contribution in [0.2, 0.25) is 10.0 Å². The molecule has 0 aliphatic heterocycles. The minimum atomic E-state index is 0.474. The lowest BCUT2D eigenvalue weighted by atomic mass is 10.2. The first-order valence-corrected chi connectivity index (χ1v) is 8.56. The summed E-state index contributed by atoms with van der Waals surface area (Å²) in [7, 11) is 1.57. The molecule has 2 rings (SSSR count). The molecule has 0 aromatic heterocycles. The van der Waals surface area contributed by atoms with Crippen molar-refractivity contribution in [2.45, 2.75) is 13.8 Å². The summed E-state index contributed by atoms with van der Waals surface area (Å²) in [6.45, 7) is 4.82. The molecule has 0 atom stereocenters. The second-order valence-corrected chi connectivity index (χ2v) is 5.73. The fourth-order valence-corrected chi connectivity index (χ4v) is 2.66. The van der Waals surface area contributed by atoms with Crippen molar-refractivity contribution in [1.29, 1.82) is 0 Å². The molecule has 25 heavy (non-hydrogen) atoms. The normalized spacial score (nSPS) is 10.8. The van der Waals surface area contributed by atoms with Crippen LogP contribution in [0.1, 0.15) is 19.4 Å². The summed E-state index contributed by atoms with van der Waals surface area (Å²) in [4.78, 5) is 0. The van der Waals surface area contributed by atoms with E-state index in [-0.39, 0.29) is 0 Å². The zero-order chi connectivity index (χ0) is 18.2. The molecule has 5 nitrogen and oxygen atoms in total. The third-order valence-corrected chi connectivity index (χ3v) is 3.76. The zero-order valence-electron chi connectivity index (χ0n) is 14.3. The lowest BCUT2D eigenvalue weighted by Gasteiger charge is -2.13. The Balaban J connectivity index is 2.16. The van der Waals surface area contributed by atoms with Gasteiger partial charge in [-0.25, -0.2) is 0 Å². The molecule has 0 aliphatic rings. The van der Waals surface area contributed by atoms with E-state index >= 15 is 0 Å². The van der Waals surface area contributed by atoms with E-state index < -0.39 is 0 Å². The lowest BCUT2D eigenvalue weighted by molar-refractivity contribution is 0.288. The van der Waals surface area contributed by atoms with Crippen molar-refractivity contribution < 1.29 is 14.2 Å². The third kappa shape index (κ3) is 5.18. The van der Waals surface area contributed by atoms with Gasteiger partial charge in [-0.05, 0) is 49.7 Å². The SMILES string of the molecule is CCOc1cc(/C=N/Nc2ccc(OC)c(Cl)c2)cc(Cl)c1OCC. The smallest absolute Gasteiger partial charge is 0.179 e. The Morgan fingerprint density at radius 1 is 1.00 bits per heavy atom. The number of nitrogens with zero attached hydrogens (tertiary/aromatic N) is 1. The minimum Gasteiger partial charge on any atom is -0.495 e. The molecular formula is C18H20Cl2N2O3. The fourth-order valence-electron chi connectivity index (χ4n) is 2.13. The van der Waals surface area contributed by atoms with E-state index in [2.05, 4.69) is 10.5 Å². The Bertz CT molecular complexity index is 751. The first-order valence-electron chi connectivity index (χ1n) is 7.80. The van der Waals surface area contributed by atoms with E-state index in [0.29, 0.717) is 40.5 Å². The number of methoxy groups -OCH3 is 1. The van der Waals surface area contributed by atoms with Crippen LogP contribution in [0.3, 0.4) is 0 Å². The molecule has 0 fully saturated rings. The summed E-state index contributed by atoms with van der Waals surface area (Å²) in [6.07, 6.45) is 1.64. The van der Waals surface area contributed by atoms with Gasteiger partial charge < -0.3 is 14.2 Å². The van der Waals surface area contributed by atoms with Crippen molar-refractivity contribution in [2.75, 3.05) is 25.7 Å². The third-order valence-electron chi connectivity index (χ3n) is 3.18. The second-order valence-electron chi connectivity index (χ2n) is 4.92. The molecule has 0 heterocycles. The molecule has 2 aromatic carbocycles. The number of hydrogen-bond donors (Lipinski definition) is 1. The van der Waals surface area contributed by atoms with Crippen LogP contribution in [0.4, 0.5) is 5.69 Å². The predicted octanol–water partition coefficient (Wildman–Crippen LogP) is 5.25. The number of hydrazone groups is 1. The maximum absolute atomic E-state index is 6.28. The van der Waals surface area contributed by atoms with Crippen molar-refractivity contribution in [3.8, 4) is 17.2 Å². The largest absolute Gasteiger partial charge is 0.495 e. The van der Waals surface area contributed by atoms with Crippen molar-refractivity contribution in [3.05, 3.63) is 45.9 Å². The molecule has 0 amide bonds. The van der Waals surface area contributed by atoms with Crippen LogP contribution in [-0.2, 0) is 0 Å². The Kier molecular flexibility index (Phi) is 7.22. The maximum atomic E-state index is 6.28. The quantitative estimate of drug-likeness (QED) is 0.500. The standard InChI is InChI=1S/C18H20Cl2N2O3/c1-4-24-17-9-12(8-15(20)18(17)25-5-2)11-21-22-13-6-7-16(23-3)14(19)10-13/h6-11,22H,4-5H2,1-3H3/b21-11+. The van der Waals surface area contributed by atoms with Crippen LogP contribution in [0, 0.1) is 0 Å². The van der Waals surface area contributed by atoms with Gasteiger partial charge in [-0.1, -0.05) is 23.2 Å². The summed E-state index contributed by atoms with van der Waals surface area (Å²) in [5, 5.41) is 5.18. The first-order chi connectivity index (χ1) is 12.1. The molecule has 0 aliphatic carbocycles. The second kappa shape index (κ2) is 9.39. The molecule has 134 valence electrons. The topological polar surface area (TPSA) is 52.1 Å². The van der Waals surface area contributed by atoms with Crippen molar-refractivity contribution in [1.82, 2.24) is 0 Å².